The van der Waals surface area contributed by atoms with Gasteiger partial charge in [0.1, 0.15) is 5.82 Å². The van der Waals surface area contributed by atoms with Crippen molar-refractivity contribution in [3.05, 3.63) is 65.5 Å². The third-order valence-electron chi connectivity index (χ3n) is 5.89. The molecule has 0 radical (unpaired) electrons. The normalized spacial score (nSPS) is 15.7. The summed E-state index contributed by atoms with van der Waals surface area (Å²) < 4.78 is 19.3. The van der Waals surface area contributed by atoms with Gasteiger partial charge in [-0.2, -0.15) is 0 Å². The van der Waals surface area contributed by atoms with E-state index in [0.717, 1.165) is 43.5 Å². The van der Waals surface area contributed by atoms with Gasteiger partial charge in [-0.1, -0.05) is 25.5 Å². The molecular weight excluding hydrogens is 367 g/mol. The quantitative estimate of drug-likeness (QED) is 0.710. The van der Waals surface area contributed by atoms with Crippen LogP contribution >= 0.6 is 0 Å². The molecule has 2 aromatic carbocycles. The number of amides is 1. The molecule has 0 unspecified atom stereocenters. The van der Waals surface area contributed by atoms with E-state index in [4.69, 9.17) is 4.74 Å². The Kier molecular flexibility index (Phi) is 7.26. The van der Waals surface area contributed by atoms with Gasteiger partial charge in [0.15, 0.2) is 0 Å². The zero-order valence-electron chi connectivity index (χ0n) is 17.4. The number of unbranched alkanes of at least 4 members (excludes halogenated alkanes) is 1. The summed E-state index contributed by atoms with van der Waals surface area (Å²) in [6.07, 6.45) is 3.82. The van der Waals surface area contributed by atoms with Gasteiger partial charge in [0.25, 0.3) is 5.91 Å². The van der Waals surface area contributed by atoms with Crippen molar-refractivity contribution < 1.29 is 13.9 Å². The molecule has 156 valence electrons. The van der Waals surface area contributed by atoms with Crippen LogP contribution in [0, 0.1) is 5.82 Å². The summed E-state index contributed by atoms with van der Waals surface area (Å²) >= 11 is 0. The van der Waals surface area contributed by atoms with Gasteiger partial charge in [-0.25, -0.2) is 4.39 Å². The number of hydrogen-bond donors (Lipinski definition) is 1. The number of anilines is 1. The highest BCUT2D eigenvalue weighted by molar-refractivity contribution is 5.94. The fraction of sp³-hybridized carbons (Fsp3) is 0.458. The van der Waals surface area contributed by atoms with Gasteiger partial charge < -0.3 is 15.0 Å². The van der Waals surface area contributed by atoms with Crippen LogP contribution in [0.25, 0.3) is 0 Å². The molecule has 29 heavy (non-hydrogen) atoms. The van der Waals surface area contributed by atoms with E-state index >= 15 is 0 Å². The smallest absolute Gasteiger partial charge is 0.251 e. The fourth-order valence-electron chi connectivity index (χ4n) is 3.89. The first-order chi connectivity index (χ1) is 14.0. The Labute approximate surface area is 173 Å². The molecule has 3 rings (SSSR count). The molecule has 5 heteroatoms. The minimum atomic E-state index is -0.295. The summed E-state index contributed by atoms with van der Waals surface area (Å²) in [5.74, 6) is -0.350. The van der Waals surface area contributed by atoms with Crippen LogP contribution in [-0.2, 0) is 10.2 Å². The van der Waals surface area contributed by atoms with Crippen LogP contribution in [-0.4, -0.2) is 39.3 Å². The maximum Gasteiger partial charge on any atom is 0.251 e. The highest BCUT2D eigenvalue weighted by Gasteiger charge is 2.35. The maximum absolute atomic E-state index is 13.8. The van der Waals surface area contributed by atoms with Crippen molar-refractivity contribution in [3.8, 4) is 0 Å². The molecule has 0 aliphatic carbocycles. The number of ether oxygens (including phenoxy) is 1. The second kappa shape index (κ2) is 9.88. The predicted molar refractivity (Wildman–Crippen MR) is 115 cm³/mol. The third-order valence-corrected chi connectivity index (χ3v) is 5.89. The van der Waals surface area contributed by atoms with Crippen LogP contribution < -0.4 is 10.2 Å². The minimum Gasteiger partial charge on any atom is -0.381 e. The predicted octanol–water partition coefficient (Wildman–Crippen LogP) is 4.54. The van der Waals surface area contributed by atoms with Gasteiger partial charge in [0.2, 0.25) is 0 Å². The van der Waals surface area contributed by atoms with Gasteiger partial charge >= 0.3 is 0 Å². The molecule has 4 nitrogen and oxygen atoms in total. The highest BCUT2D eigenvalue weighted by atomic mass is 19.1. The largest absolute Gasteiger partial charge is 0.381 e. The average Bonchev–Trinajstić information content (AvgIpc) is 2.76. The van der Waals surface area contributed by atoms with Gasteiger partial charge in [-0.15, -0.1) is 0 Å². The molecule has 0 spiro atoms. The van der Waals surface area contributed by atoms with Crippen LogP contribution in [0.15, 0.2) is 48.5 Å². The number of carbonyl (C=O) groups excluding carboxylic acids is 1. The van der Waals surface area contributed by atoms with E-state index in [2.05, 4.69) is 24.2 Å². The van der Waals surface area contributed by atoms with E-state index in [1.165, 1.54) is 6.07 Å². The summed E-state index contributed by atoms with van der Waals surface area (Å²) in [5, 5.41) is 3.08. The highest BCUT2D eigenvalue weighted by Crippen LogP contribution is 2.34. The Bertz CT molecular complexity index is 801. The molecule has 1 saturated heterocycles. The van der Waals surface area contributed by atoms with Crippen molar-refractivity contribution in [2.45, 2.75) is 38.0 Å². The topological polar surface area (TPSA) is 41.6 Å². The van der Waals surface area contributed by atoms with Crippen LogP contribution in [0.5, 0.6) is 0 Å². The van der Waals surface area contributed by atoms with Crippen LogP contribution in [0.4, 0.5) is 10.1 Å². The van der Waals surface area contributed by atoms with Gasteiger partial charge in [-0.3, -0.25) is 4.79 Å². The Morgan fingerprint density at radius 2 is 1.90 bits per heavy atom. The SMILES string of the molecule is CCCCN(C)c1ccc(C(=O)NCC2(c3cccc(F)c3)CCOCC2)cc1. The summed E-state index contributed by atoms with van der Waals surface area (Å²) in [6.45, 7) is 4.88. The lowest BCUT2D eigenvalue weighted by atomic mass is 9.74. The van der Waals surface area contributed by atoms with Crippen molar-refractivity contribution in [2.24, 2.45) is 0 Å². The van der Waals surface area contributed by atoms with Gasteiger partial charge in [-0.05, 0) is 61.2 Å². The lowest BCUT2D eigenvalue weighted by Crippen LogP contribution is -2.44. The first-order valence-electron chi connectivity index (χ1n) is 10.5. The van der Waals surface area contributed by atoms with E-state index in [1.807, 2.05) is 30.3 Å². The second-order valence-electron chi connectivity index (χ2n) is 7.91. The zero-order chi connectivity index (χ0) is 20.7. The molecule has 1 amide bonds. The maximum atomic E-state index is 13.8. The number of carbonyl (C=O) groups is 1. The Morgan fingerprint density at radius 1 is 1.17 bits per heavy atom. The van der Waals surface area contributed by atoms with E-state index < -0.39 is 0 Å². The van der Waals surface area contributed by atoms with E-state index in [0.29, 0.717) is 25.3 Å². The molecule has 0 saturated carbocycles. The molecular formula is C24H31FN2O2. The molecule has 1 aliphatic rings. The number of nitrogens with zero attached hydrogens (tertiary/aromatic N) is 1. The number of hydrogen-bond acceptors (Lipinski definition) is 3. The van der Waals surface area contributed by atoms with Gasteiger partial charge in [0.05, 0.1) is 0 Å². The van der Waals surface area contributed by atoms with Crippen LogP contribution in [0.3, 0.4) is 0 Å². The zero-order valence-corrected chi connectivity index (χ0v) is 17.4. The first-order valence-corrected chi connectivity index (χ1v) is 10.5. The number of benzene rings is 2. The molecule has 1 N–H and O–H groups in total. The summed E-state index contributed by atoms with van der Waals surface area (Å²) in [4.78, 5) is 15.0. The van der Waals surface area contributed by atoms with Crippen molar-refractivity contribution in [1.29, 1.82) is 0 Å². The fourth-order valence-corrected chi connectivity index (χ4v) is 3.89. The Hall–Kier alpha value is -2.40. The van der Waals surface area contributed by atoms with Gasteiger partial charge in [0, 0.05) is 50.0 Å². The van der Waals surface area contributed by atoms with Crippen LogP contribution in [0.2, 0.25) is 0 Å². The summed E-state index contributed by atoms with van der Waals surface area (Å²) in [5.41, 5.74) is 2.37. The number of rotatable bonds is 8. The first kappa shape index (κ1) is 21.3. The lowest BCUT2D eigenvalue weighted by Gasteiger charge is -2.38. The standard InChI is InChI=1S/C24H31FN2O2/c1-3-4-14-27(2)22-10-8-19(9-11-22)23(28)26-18-24(12-15-29-16-13-24)20-6-5-7-21(25)17-20/h5-11,17H,3-4,12-16,18H2,1-2H3,(H,26,28). The number of nitrogens with one attached hydrogen (secondary N) is 1. The van der Waals surface area contributed by atoms with Crippen molar-refractivity contribution >= 4 is 11.6 Å². The van der Waals surface area contributed by atoms with Crippen molar-refractivity contribution in [3.63, 3.8) is 0 Å². The Morgan fingerprint density at radius 3 is 2.55 bits per heavy atom. The van der Waals surface area contributed by atoms with E-state index in [9.17, 15) is 9.18 Å². The van der Waals surface area contributed by atoms with Crippen molar-refractivity contribution in [2.75, 3.05) is 38.3 Å². The van der Waals surface area contributed by atoms with Crippen molar-refractivity contribution in [1.82, 2.24) is 5.32 Å². The third kappa shape index (κ3) is 5.36. The van der Waals surface area contributed by atoms with Crippen LogP contribution in [0.1, 0.15) is 48.5 Å². The molecule has 1 heterocycles. The Balaban J connectivity index is 1.67. The van der Waals surface area contributed by atoms with E-state index in [1.54, 1.807) is 12.1 Å². The molecule has 2 aromatic rings. The molecule has 0 atom stereocenters. The second-order valence-corrected chi connectivity index (χ2v) is 7.91. The average molecular weight is 399 g/mol. The molecule has 1 fully saturated rings. The summed E-state index contributed by atoms with van der Waals surface area (Å²) in [6, 6.07) is 14.4. The minimum absolute atomic E-state index is 0.102. The molecule has 1 aliphatic heterocycles. The monoisotopic (exact) mass is 398 g/mol. The summed E-state index contributed by atoms with van der Waals surface area (Å²) in [7, 11) is 2.07. The lowest BCUT2D eigenvalue weighted by molar-refractivity contribution is 0.0486. The molecule has 0 bridgehead atoms. The number of halogens is 1. The van der Waals surface area contributed by atoms with E-state index in [-0.39, 0.29) is 17.1 Å². The molecule has 0 aromatic heterocycles.